The maximum atomic E-state index is 10.8. The first-order valence-corrected chi connectivity index (χ1v) is 5.32. The van der Waals surface area contributed by atoms with Gasteiger partial charge in [-0.1, -0.05) is 27.7 Å². The van der Waals surface area contributed by atoms with Crippen molar-refractivity contribution in [3.05, 3.63) is 0 Å². The van der Waals surface area contributed by atoms with Crippen molar-refractivity contribution < 1.29 is 9.53 Å². The summed E-state index contributed by atoms with van der Waals surface area (Å²) in [5.74, 6) is -0.213. The Bertz CT molecular complexity index is 117. The summed E-state index contributed by atoms with van der Waals surface area (Å²) in [6, 6.07) is 0. The van der Waals surface area contributed by atoms with E-state index in [1.165, 1.54) is 0 Å². The number of hydrogen-bond donors (Lipinski definition) is 1. The molecule has 0 unspecified atom stereocenters. The molecule has 0 fully saturated rings. The van der Waals surface area contributed by atoms with Gasteiger partial charge in [-0.25, -0.2) is 0 Å². The first kappa shape index (κ1) is 19.1. The molecular formula is C11H27NO2. The van der Waals surface area contributed by atoms with Crippen LogP contribution in [0.5, 0.6) is 0 Å². The highest BCUT2D eigenvalue weighted by Gasteiger charge is 2.14. The number of esters is 1. The van der Waals surface area contributed by atoms with Crippen LogP contribution in [0.3, 0.4) is 0 Å². The molecule has 1 N–H and O–H groups in total. The van der Waals surface area contributed by atoms with E-state index in [-0.39, 0.29) is 18.1 Å². The Morgan fingerprint density at radius 2 is 1.50 bits per heavy atom. The number of carbonyl (C=O) groups is 1. The smallest absolute Gasteiger partial charge is 0.320 e. The van der Waals surface area contributed by atoms with Gasteiger partial charge in [-0.05, 0) is 27.8 Å². The fraction of sp³-hybridized carbons (Fsp3) is 0.909. The van der Waals surface area contributed by atoms with Crippen LogP contribution in [0.15, 0.2) is 0 Å². The third-order valence-corrected chi connectivity index (χ3v) is 0.741. The number of nitrogens with one attached hydrogen (secondary N) is 1. The van der Waals surface area contributed by atoms with Crippen molar-refractivity contribution in [1.29, 1.82) is 0 Å². The minimum Gasteiger partial charge on any atom is -0.459 e. The number of rotatable bonds is 2. The van der Waals surface area contributed by atoms with E-state index in [2.05, 4.69) is 5.32 Å². The molecule has 0 saturated carbocycles. The average molecular weight is 205 g/mol. The van der Waals surface area contributed by atoms with Crippen LogP contribution in [0.2, 0.25) is 0 Å². The lowest BCUT2D eigenvalue weighted by Gasteiger charge is -2.19. The Balaban J connectivity index is -0.000000266. The highest BCUT2D eigenvalue weighted by Crippen LogP contribution is 2.05. The van der Waals surface area contributed by atoms with Crippen LogP contribution in [0.25, 0.3) is 0 Å². The summed E-state index contributed by atoms with van der Waals surface area (Å²) in [6.07, 6.45) is 0. The van der Waals surface area contributed by atoms with Crippen molar-refractivity contribution >= 4 is 5.97 Å². The summed E-state index contributed by atoms with van der Waals surface area (Å²) in [4.78, 5) is 10.8. The predicted octanol–water partition coefficient (Wildman–Crippen LogP) is 2.60. The van der Waals surface area contributed by atoms with E-state index >= 15 is 0 Å². The molecule has 3 heteroatoms. The molecular weight excluding hydrogens is 178 g/mol. The van der Waals surface area contributed by atoms with Gasteiger partial charge in [0.05, 0.1) is 6.54 Å². The summed E-state index contributed by atoms with van der Waals surface area (Å²) < 4.78 is 4.98. The molecule has 0 amide bonds. The van der Waals surface area contributed by atoms with Gasteiger partial charge in [0.15, 0.2) is 0 Å². The largest absolute Gasteiger partial charge is 0.459 e. The molecule has 0 saturated heterocycles. The second-order valence-electron chi connectivity index (χ2n) is 3.12. The van der Waals surface area contributed by atoms with Crippen LogP contribution in [0.1, 0.15) is 48.5 Å². The van der Waals surface area contributed by atoms with E-state index in [9.17, 15) is 4.79 Å². The number of carbonyl (C=O) groups excluding carboxylic acids is 1. The van der Waals surface area contributed by atoms with E-state index in [0.29, 0.717) is 0 Å². The Hall–Kier alpha value is -0.570. The van der Waals surface area contributed by atoms with Crippen molar-refractivity contribution in [3.8, 4) is 0 Å². The van der Waals surface area contributed by atoms with Gasteiger partial charge >= 0.3 is 5.97 Å². The maximum Gasteiger partial charge on any atom is 0.320 e. The van der Waals surface area contributed by atoms with Crippen LogP contribution in [-0.2, 0) is 9.53 Å². The zero-order valence-corrected chi connectivity index (χ0v) is 11.0. The molecule has 0 atom stereocenters. The van der Waals surface area contributed by atoms with Gasteiger partial charge in [0.25, 0.3) is 0 Å². The number of ether oxygens (including phenoxy) is 1. The van der Waals surface area contributed by atoms with Gasteiger partial charge in [-0.15, -0.1) is 0 Å². The van der Waals surface area contributed by atoms with E-state index in [1.54, 1.807) is 7.05 Å². The van der Waals surface area contributed by atoms with E-state index in [1.807, 2.05) is 48.5 Å². The summed E-state index contributed by atoms with van der Waals surface area (Å²) in [5.41, 5.74) is -0.367. The first-order chi connectivity index (χ1) is 6.45. The molecule has 14 heavy (non-hydrogen) atoms. The van der Waals surface area contributed by atoms with Crippen LogP contribution in [0, 0.1) is 0 Å². The molecule has 88 valence electrons. The zero-order valence-electron chi connectivity index (χ0n) is 11.0. The van der Waals surface area contributed by atoms with Crippen LogP contribution in [-0.4, -0.2) is 25.2 Å². The highest BCUT2D eigenvalue weighted by atomic mass is 16.6. The molecule has 0 rings (SSSR count). The fourth-order valence-electron chi connectivity index (χ4n) is 0.522. The van der Waals surface area contributed by atoms with Crippen molar-refractivity contribution in [2.24, 2.45) is 0 Å². The monoisotopic (exact) mass is 205 g/mol. The van der Waals surface area contributed by atoms with Crippen LogP contribution in [0.4, 0.5) is 0 Å². The first-order valence-electron chi connectivity index (χ1n) is 5.32. The molecule has 0 bridgehead atoms. The standard InChI is InChI=1S/C7H15NO2.2C2H6/c1-7(2,3)10-6(9)5-8-4;2*1-2/h8H,5H2,1-4H3;2*1-2H3. The summed E-state index contributed by atoms with van der Waals surface area (Å²) in [6.45, 7) is 13.8. The van der Waals surface area contributed by atoms with Gasteiger partial charge in [0.2, 0.25) is 0 Å². The van der Waals surface area contributed by atoms with Gasteiger partial charge < -0.3 is 10.1 Å². The lowest BCUT2D eigenvalue weighted by molar-refractivity contribution is -0.153. The molecule has 3 nitrogen and oxygen atoms in total. The maximum absolute atomic E-state index is 10.8. The summed E-state index contributed by atoms with van der Waals surface area (Å²) in [7, 11) is 1.71. The summed E-state index contributed by atoms with van der Waals surface area (Å²) in [5, 5.41) is 2.72. The SMILES string of the molecule is CC.CC.CNCC(=O)OC(C)(C)C. The second kappa shape index (κ2) is 12.4. The molecule has 0 aromatic heterocycles. The molecule has 0 heterocycles. The Labute approximate surface area is 89.2 Å². The molecule has 0 aromatic carbocycles. The van der Waals surface area contributed by atoms with Crippen molar-refractivity contribution in [2.45, 2.75) is 54.1 Å². The normalized spacial score (nSPS) is 8.86. The Morgan fingerprint density at radius 3 is 1.71 bits per heavy atom. The number of hydrogen-bond acceptors (Lipinski definition) is 3. The summed E-state index contributed by atoms with van der Waals surface area (Å²) >= 11 is 0. The lowest BCUT2D eigenvalue weighted by Crippen LogP contribution is -2.29. The fourth-order valence-corrected chi connectivity index (χ4v) is 0.522. The quantitative estimate of drug-likeness (QED) is 0.704. The van der Waals surface area contributed by atoms with Gasteiger partial charge in [-0.2, -0.15) is 0 Å². The molecule has 0 aromatic rings. The highest BCUT2D eigenvalue weighted by molar-refractivity contribution is 5.71. The van der Waals surface area contributed by atoms with Gasteiger partial charge in [-0.3, -0.25) is 4.79 Å². The van der Waals surface area contributed by atoms with Crippen molar-refractivity contribution in [3.63, 3.8) is 0 Å². The minimum atomic E-state index is -0.367. The van der Waals surface area contributed by atoms with Crippen molar-refractivity contribution in [1.82, 2.24) is 5.32 Å². The molecule has 0 aliphatic carbocycles. The van der Waals surface area contributed by atoms with E-state index < -0.39 is 0 Å². The van der Waals surface area contributed by atoms with Gasteiger partial charge in [0.1, 0.15) is 5.60 Å². The van der Waals surface area contributed by atoms with E-state index in [0.717, 1.165) is 0 Å². The Morgan fingerprint density at radius 1 is 1.14 bits per heavy atom. The third kappa shape index (κ3) is 22.5. The molecule has 0 aliphatic heterocycles. The zero-order chi connectivity index (χ0) is 12.2. The van der Waals surface area contributed by atoms with Gasteiger partial charge in [0, 0.05) is 0 Å². The molecule has 0 spiro atoms. The molecule has 0 radical (unpaired) electrons. The average Bonchev–Trinajstić information content (AvgIpc) is 2.08. The minimum absolute atomic E-state index is 0.213. The predicted molar refractivity (Wildman–Crippen MR) is 62.5 cm³/mol. The second-order valence-corrected chi connectivity index (χ2v) is 3.12. The van der Waals surface area contributed by atoms with Crippen molar-refractivity contribution in [2.75, 3.05) is 13.6 Å². The third-order valence-electron chi connectivity index (χ3n) is 0.741. The molecule has 0 aliphatic rings. The lowest BCUT2D eigenvalue weighted by atomic mass is 10.2. The Kier molecular flexibility index (Phi) is 16.9. The van der Waals surface area contributed by atoms with E-state index in [4.69, 9.17) is 4.74 Å². The van der Waals surface area contributed by atoms with Crippen LogP contribution >= 0.6 is 0 Å². The number of likely N-dealkylation sites (N-methyl/N-ethyl adjacent to an activating group) is 1. The van der Waals surface area contributed by atoms with Crippen LogP contribution < -0.4 is 5.32 Å². The topological polar surface area (TPSA) is 38.3 Å².